The third-order valence-corrected chi connectivity index (χ3v) is 11.5. The van der Waals surface area contributed by atoms with Gasteiger partial charge in [0.05, 0.1) is 34.3 Å². The van der Waals surface area contributed by atoms with Gasteiger partial charge < -0.3 is 20.2 Å². The number of urea groups is 1. The quantitative estimate of drug-likeness (QED) is 0.180. The van der Waals surface area contributed by atoms with E-state index < -0.39 is 34.1 Å². The van der Waals surface area contributed by atoms with Crippen molar-refractivity contribution in [1.82, 2.24) is 24.4 Å². The number of nitrogens with zero attached hydrogens (tertiary/aromatic N) is 5. The van der Waals surface area contributed by atoms with Gasteiger partial charge in [-0.3, -0.25) is 4.79 Å². The first-order valence-corrected chi connectivity index (χ1v) is 19.0. The SMILES string of the molecule is CC[C@H](C)[C@@H](C(=O)N[C@@H](Cc1ccccc1)[C@H](O)CN(CC(C)C)S(=O)(=O)c1ccc(CN=O)cc1)N1CCN(Cc2csc(C)n2)C1=O. The van der Waals surface area contributed by atoms with Gasteiger partial charge in [-0.05, 0) is 48.4 Å². The summed E-state index contributed by atoms with van der Waals surface area (Å²) < 4.78 is 29.0. The summed E-state index contributed by atoms with van der Waals surface area (Å²) in [5.41, 5.74) is 2.25. The number of nitrogens with one attached hydrogen (secondary N) is 1. The molecule has 2 N–H and O–H groups in total. The zero-order chi connectivity index (χ0) is 35.7. The molecule has 49 heavy (non-hydrogen) atoms. The Morgan fingerprint density at radius 1 is 1.06 bits per heavy atom. The van der Waals surface area contributed by atoms with Crippen LogP contribution in [-0.4, -0.2) is 88.9 Å². The van der Waals surface area contributed by atoms with E-state index in [0.29, 0.717) is 31.6 Å². The van der Waals surface area contributed by atoms with Crippen LogP contribution in [0.5, 0.6) is 0 Å². The van der Waals surface area contributed by atoms with Crippen molar-refractivity contribution in [2.45, 2.75) is 83.6 Å². The molecule has 4 atom stereocenters. The van der Waals surface area contributed by atoms with Gasteiger partial charge in [0, 0.05) is 31.6 Å². The van der Waals surface area contributed by atoms with Gasteiger partial charge in [-0.15, -0.1) is 11.3 Å². The van der Waals surface area contributed by atoms with Gasteiger partial charge in [0.15, 0.2) is 0 Å². The number of benzene rings is 2. The number of aromatic nitrogens is 1. The Kier molecular flexibility index (Phi) is 13.4. The molecule has 0 radical (unpaired) electrons. The fraction of sp³-hybridized carbons (Fsp3) is 0.514. The molecule has 1 aliphatic heterocycles. The highest BCUT2D eigenvalue weighted by Gasteiger charge is 2.41. The van der Waals surface area contributed by atoms with Gasteiger partial charge in [-0.2, -0.15) is 9.21 Å². The smallest absolute Gasteiger partial charge is 0.321 e. The molecular formula is C35H48N6O6S2. The summed E-state index contributed by atoms with van der Waals surface area (Å²) in [4.78, 5) is 46.4. The van der Waals surface area contributed by atoms with E-state index in [0.717, 1.165) is 16.3 Å². The van der Waals surface area contributed by atoms with Crippen molar-refractivity contribution >= 4 is 33.3 Å². The van der Waals surface area contributed by atoms with Crippen LogP contribution in [0.25, 0.3) is 0 Å². The summed E-state index contributed by atoms with van der Waals surface area (Å²) >= 11 is 1.52. The van der Waals surface area contributed by atoms with Crippen molar-refractivity contribution in [1.29, 1.82) is 0 Å². The highest BCUT2D eigenvalue weighted by Crippen LogP contribution is 2.24. The summed E-state index contributed by atoms with van der Waals surface area (Å²) in [7, 11) is -4.05. The maximum absolute atomic E-state index is 14.2. The summed E-state index contributed by atoms with van der Waals surface area (Å²) in [5, 5.41) is 20.5. The standard InChI is InChI=1S/C35H48N6O6S2/c1-6-25(4)33(41-17-16-39(35(41)44)21-29-23-48-26(5)37-29)34(43)38-31(18-27-10-8-7-9-11-27)32(42)22-40(20-24(2)3)49(46,47)30-14-12-28(13-15-30)19-36-45/h7-15,23-25,31-33,42H,6,16-22H2,1-5H3,(H,38,43)/t25-,31-,32+,33-/m0/s1. The number of carbonyl (C=O) groups excluding carboxylic acids is 2. The molecule has 12 nitrogen and oxygen atoms in total. The van der Waals surface area contributed by atoms with Crippen LogP contribution in [-0.2, 0) is 34.3 Å². The molecule has 0 aliphatic carbocycles. The lowest BCUT2D eigenvalue weighted by molar-refractivity contribution is -0.128. The van der Waals surface area contributed by atoms with Gasteiger partial charge in [-0.25, -0.2) is 18.2 Å². The number of rotatable bonds is 18. The molecule has 3 amide bonds. The third kappa shape index (κ3) is 9.93. The first-order chi connectivity index (χ1) is 23.3. The average molecular weight is 713 g/mol. The van der Waals surface area contributed by atoms with Crippen LogP contribution >= 0.6 is 11.3 Å². The highest BCUT2D eigenvalue weighted by atomic mass is 32.2. The molecule has 0 saturated carbocycles. The molecule has 14 heteroatoms. The molecule has 2 aromatic carbocycles. The Hall–Kier alpha value is -3.72. The van der Waals surface area contributed by atoms with E-state index in [2.05, 4.69) is 15.5 Å². The van der Waals surface area contributed by atoms with E-state index in [1.807, 2.05) is 70.3 Å². The second kappa shape index (κ2) is 17.3. The monoisotopic (exact) mass is 712 g/mol. The number of hydrogen-bond acceptors (Lipinski definition) is 9. The lowest BCUT2D eigenvalue weighted by Gasteiger charge is -2.35. The molecule has 3 aromatic rings. The normalized spacial score (nSPS) is 16.2. The number of carbonyl (C=O) groups is 2. The number of aliphatic hydroxyl groups excluding tert-OH is 1. The predicted molar refractivity (Wildman–Crippen MR) is 190 cm³/mol. The van der Waals surface area contributed by atoms with Gasteiger partial charge in [0.1, 0.15) is 12.6 Å². The second-order valence-electron chi connectivity index (χ2n) is 13.1. The van der Waals surface area contributed by atoms with E-state index in [4.69, 9.17) is 0 Å². The zero-order valence-corrected chi connectivity index (χ0v) is 30.5. The maximum atomic E-state index is 14.2. The summed E-state index contributed by atoms with van der Waals surface area (Å²) in [6.45, 7) is 10.6. The lowest BCUT2D eigenvalue weighted by Crippen LogP contribution is -2.57. The van der Waals surface area contributed by atoms with Crippen LogP contribution in [0.2, 0.25) is 0 Å². The van der Waals surface area contributed by atoms with Crippen LogP contribution in [0, 0.1) is 23.7 Å². The molecule has 1 aromatic heterocycles. The van der Waals surface area contributed by atoms with E-state index in [1.165, 1.54) is 27.8 Å². The van der Waals surface area contributed by atoms with Gasteiger partial charge >= 0.3 is 6.03 Å². The molecule has 0 spiro atoms. The minimum absolute atomic E-state index is 0.0281. The Morgan fingerprint density at radius 2 is 1.76 bits per heavy atom. The highest BCUT2D eigenvalue weighted by molar-refractivity contribution is 7.89. The van der Waals surface area contributed by atoms with Crippen LogP contribution in [0.4, 0.5) is 4.79 Å². The van der Waals surface area contributed by atoms with Crippen molar-refractivity contribution in [2.75, 3.05) is 26.2 Å². The van der Waals surface area contributed by atoms with Crippen molar-refractivity contribution in [3.63, 3.8) is 0 Å². The number of thiazole rings is 1. The minimum Gasteiger partial charge on any atom is -0.390 e. The lowest BCUT2D eigenvalue weighted by atomic mass is 9.95. The zero-order valence-electron chi connectivity index (χ0n) is 28.9. The number of aryl methyl sites for hydroxylation is 1. The van der Waals surface area contributed by atoms with Crippen molar-refractivity contribution in [2.24, 2.45) is 17.0 Å². The summed E-state index contributed by atoms with van der Waals surface area (Å²) in [5.74, 6) is -0.642. The molecular weight excluding hydrogens is 665 g/mol. The summed E-state index contributed by atoms with van der Waals surface area (Å²) in [6.07, 6.45) is -0.401. The van der Waals surface area contributed by atoms with Crippen molar-refractivity contribution < 1.29 is 23.1 Å². The molecule has 0 bridgehead atoms. The number of nitroso groups, excluding NO2 is 1. The first-order valence-electron chi connectivity index (χ1n) is 16.7. The Bertz CT molecular complexity index is 1650. The van der Waals surface area contributed by atoms with Crippen LogP contribution in [0.15, 0.2) is 70.0 Å². The predicted octanol–water partition coefficient (Wildman–Crippen LogP) is 4.81. The molecule has 266 valence electrons. The van der Waals surface area contributed by atoms with Gasteiger partial charge in [0.25, 0.3) is 0 Å². The van der Waals surface area contributed by atoms with E-state index in [-0.39, 0.29) is 48.8 Å². The van der Waals surface area contributed by atoms with E-state index in [1.54, 1.807) is 21.9 Å². The number of sulfonamides is 1. The second-order valence-corrected chi connectivity index (χ2v) is 16.1. The van der Waals surface area contributed by atoms with Crippen LogP contribution in [0.3, 0.4) is 0 Å². The molecule has 1 aliphatic rings. The topological polar surface area (TPSA) is 153 Å². The molecule has 0 unspecified atom stereocenters. The Labute approximate surface area is 293 Å². The molecule has 2 heterocycles. The molecule has 4 rings (SSSR count). The van der Waals surface area contributed by atoms with Crippen molar-refractivity contribution in [3.8, 4) is 0 Å². The number of hydrogen-bond donors (Lipinski definition) is 2. The fourth-order valence-corrected chi connectivity index (χ4v) is 8.26. The number of amides is 3. The largest absolute Gasteiger partial charge is 0.390 e. The van der Waals surface area contributed by atoms with Crippen LogP contribution in [0.1, 0.15) is 55.9 Å². The average Bonchev–Trinajstić information content (AvgIpc) is 3.65. The number of aliphatic hydroxyl groups is 1. The molecule has 1 saturated heterocycles. The van der Waals surface area contributed by atoms with E-state index >= 15 is 0 Å². The minimum atomic E-state index is -4.05. The Balaban J connectivity index is 1.59. The van der Waals surface area contributed by atoms with Crippen molar-refractivity contribution in [3.05, 3.63) is 86.7 Å². The summed E-state index contributed by atoms with van der Waals surface area (Å²) in [6, 6.07) is 13.4. The maximum Gasteiger partial charge on any atom is 0.321 e. The first kappa shape index (κ1) is 38.1. The van der Waals surface area contributed by atoms with E-state index in [9.17, 15) is 28.0 Å². The van der Waals surface area contributed by atoms with Gasteiger partial charge in [0.2, 0.25) is 15.9 Å². The molecule has 1 fully saturated rings. The third-order valence-electron chi connectivity index (χ3n) is 8.79. The van der Waals surface area contributed by atoms with Crippen LogP contribution < -0.4 is 5.32 Å². The fourth-order valence-electron chi connectivity index (χ4n) is 6.04. The Morgan fingerprint density at radius 3 is 2.35 bits per heavy atom. The van der Waals surface area contributed by atoms with Gasteiger partial charge in [-0.1, -0.05) is 81.8 Å².